The molecule has 3 heterocycles. The summed E-state index contributed by atoms with van der Waals surface area (Å²) in [6.45, 7) is 1.01. The van der Waals surface area contributed by atoms with Crippen molar-refractivity contribution in [2.75, 3.05) is 11.9 Å². The van der Waals surface area contributed by atoms with E-state index in [2.05, 4.69) is 20.4 Å². The highest BCUT2D eigenvalue weighted by atomic mass is 16.5. The predicted molar refractivity (Wildman–Crippen MR) is 125 cm³/mol. The quantitative estimate of drug-likeness (QED) is 0.410. The van der Waals surface area contributed by atoms with Crippen molar-refractivity contribution in [3.8, 4) is 17.1 Å². The van der Waals surface area contributed by atoms with Gasteiger partial charge in [-0.25, -0.2) is 14.6 Å². The molecule has 33 heavy (non-hydrogen) atoms. The van der Waals surface area contributed by atoms with Crippen LogP contribution in [0, 0.1) is 0 Å². The van der Waals surface area contributed by atoms with Gasteiger partial charge in [0.05, 0.1) is 29.0 Å². The fraction of sp³-hybridized carbons (Fsp3) is 0.0800. The predicted octanol–water partition coefficient (Wildman–Crippen LogP) is 4.22. The summed E-state index contributed by atoms with van der Waals surface area (Å²) in [6, 6.07) is 22.3. The van der Waals surface area contributed by atoms with E-state index >= 15 is 0 Å². The molecule has 0 unspecified atom stereocenters. The number of amides is 1. The molecule has 0 spiro atoms. The normalized spacial score (nSPS) is 10.8. The van der Waals surface area contributed by atoms with Crippen LogP contribution in [0.4, 0.5) is 5.69 Å². The van der Waals surface area contributed by atoms with Crippen molar-refractivity contribution in [2.24, 2.45) is 0 Å². The van der Waals surface area contributed by atoms with Crippen LogP contribution in [0.1, 0.15) is 10.4 Å². The largest absolute Gasteiger partial charge is 0.492 e. The standard InChI is InChI=1S/C25H20N6O2/c32-25(29-18-6-5-7-19(14-18)33-13-12-31-17-26-16-28-31)21-15-24(23-10-3-4-11-27-23)30-22-9-2-1-8-20(21)22/h1-11,14-17H,12-13H2,(H,29,32). The number of rotatable bonds is 7. The number of hydrogen-bond donors (Lipinski definition) is 1. The van der Waals surface area contributed by atoms with Gasteiger partial charge >= 0.3 is 0 Å². The van der Waals surface area contributed by atoms with Crippen LogP contribution in [0.5, 0.6) is 5.75 Å². The molecule has 1 N–H and O–H groups in total. The maximum absolute atomic E-state index is 13.3. The lowest BCUT2D eigenvalue weighted by atomic mass is 10.1. The molecular weight excluding hydrogens is 416 g/mol. The second-order valence-electron chi connectivity index (χ2n) is 7.28. The number of fused-ring (bicyclic) bond motifs is 1. The highest BCUT2D eigenvalue weighted by molar-refractivity contribution is 6.13. The summed E-state index contributed by atoms with van der Waals surface area (Å²) in [5.74, 6) is 0.423. The Labute approximate surface area is 189 Å². The Morgan fingerprint density at radius 3 is 2.73 bits per heavy atom. The topological polar surface area (TPSA) is 94.8 Å². The van der Waals surface area contributed by atoms with Gasteiger partial charge in [0.15, 0.2) is 0 Å². The van der Waals surface area contributed by atoms with Gasteiger partial charge in [0, 0.05) is 23.3 Å². The molecule has 5 aromatic rings. The van der Waals surface area contributed by atoms with Crippen LogP contribution in [-0.4, -0.2) is 37.2 Å². The summed E-state index contributed by atoms with van der Waals surface area (Å²) in [4.78, 5) is 26.3. The van der Waals surface area contributed by atoms with Gasteiger partial charge < -0.3 is 10.1 Å². The monoisotopic (exact) mass is 436 g/mol. The number of para-hydroxylation sites is 1. The van der Waals surface area contributed by atoms with E-state index in [9.17, 15) is 4.79 Å². The maximum Gasteiger partial charge on any atom is 0.256 e. The van der Waals surface area contributed by atoms with Gasteiger partial charge in [-0.3, -0.25) is 9.78 Å². The summed E-state index contributed by atoms with van der Waals surface area (Å²) in [5, 5.41) is 7.80. The highest BCUT2D eigenvalue weighted by Gasteiger charge is 2.15. The van der Waals surface area contributed by atoms with E-state index in [-0.39, 0.29) is 5.91 Å². The third kappa shape index (κ3) is 4.69. The molecule has 0 aliphatic carbocycles. The zero-order valence-corrected chi connectivity index (χ0v) is 17.6. The number of hydrogen-bond acceptors (Lipinski definition) is 6. The first-order valence-corrected chi connectivity index (χ1v) is 10.4. The first-order chi connectivity index (χ1) is 16.3. The third-order valence-electron chi connectivity index (χ3n) is 5.04. The molecule has 0 fully saturated rings. The summed E-state index contributed by atoms with van der Waals surface area (Å²) in [7, 11) is 0. The van der Waals surface area contributed by atoms with Gasteiger partial charge in [-0.2, -0.15) is 5.10 Å². The number of ether oxygens (including phenoxy) is 1. The molecule has 0 saturated carbocycles. The van der Waals surface area contributed by atoms with Crippen molar-refractivity contribution in [1.29, 1.82) is 0 Å². The minimum atomic E-state index is -0.231. The molecule has 162 valence electrons. The van der Waals surface area contributed by atoms with Gasteiger partial charge in [0.25, 0.3) is 5.91 Å². The lowest BCUT2D eigenvalue weighted by molar-refractivity contribution is 0.102. The molecule has 1 amide bonds. The van der Waals surface area contributed by atoms with Crippen LogP contribution in [0.25, 0.3) is 22.3 Å². The molecule has 0 aliphatic rings. The van der Waals surface area contributed by atoms with E-state index in [0.717, 1.165) is 10.9 Å². The molecule has 5 rings (SSSR count). The van der Waals surface area contributed by atoms with Gasteiger partial charge in [0.2, 0.25) is 0 Å². The van der Waals surface area contributed by atoms with Gasteiger partial charge in [0.1, 0.15) is 25.0 Å². The number of aromatic nitrogens is 5. The maximum atomic E-state index is 13.3. The van der Waals surface area contributed by atoms with Crippen molar-refractivity contribution in [3.05, 3.63) is 97.2 Å². The fourth-order valence-corrected chi connectivity index (χ4v) is 3.48. The van der Waals surface area contributed by atoms with Crippen LogP contribution in [0.3, 0.4) is 0 Å². The molecular formula is C25H20N6O2. The minimum Gasteiger partial charge on any atom is -0.492 e. The van der Waals surface area contributed by atoms with Crippen molar-refractivity contribution < 1.29 is 9.53 Å². The molecule has 8 heteroatoms. The zero-order chi connectivity index (χ0) is 22.5. The van der Waals surface area contributed by atoms with E-state index < -0.39 is 0 Å². The van der Waals surface area contributed by atoms with Crippen LogP contribution in [0.15, 0.2) is 91.6 Å². The number of nitrogens with one attached hydrogen (secondary N) is 1. The average molecular weight is 436 g/mol. The van der Waals surface area contributed by atoms with Crippen LogP contribution < -0.4 is 10.1 Å². The van der Waals surface area contributed by atoms with Crippen LogP contribution in [-0.2, 0) is 6.54 Å². The molecule has 0 atom stereocenters. The van der Waals surface area contributed by atoms with Gasteiger partial charge in [-0.15, -0.1) is 0 Å². The SMILES string of the molecule is O=C(Nc1cccc(OCCn2cncn2)c1)c1cc(-c2ccccn2)nc2ccccc12. The van der Waals surface area contributed by atoms with Crippen LogP contribution in [0.2, 0.25) is 0 Å². The van der Waals surface area contributed by atoms with Crippen LogP contribution >= 0.6 is 0 Å². The molecule has 0 radical (unpaired) electrons. The summed E-state index contributed by atoms with van der Waals surface area (Å²) in [6.07, 6.45) is 4.83. The number of carbonyl (C=O) groups excluding carboxylic acids is 1. The Morgan fingerprint density at radius 1 is 0.970 bits per heavy atom. The fourth-order valence-electron chi connectivity index (χ4n) is 3.48. The van der Waals surface area contributed by atoms with Crippen molar-refractivity contribution in [3.63, 3.8) is 0 Å². The Kier molecular flexibility index (Phi) is 5.71. The first kappa shape index (κ1) is 20.3. The number of nitrogens with zero attached hydrogens (tertiary/aromatic N) is 5. The lowest BCUT2D eigenvalue weighted by Gasteiger charge is -2.12. The molecule has 0 bridgehead atoms. The lowest BCUT2D eigenvalue weighted by Crippen LogP contribution is -2.13. The first-order valence-electron chi connectivity index (χ1n) is 10.4. The van der Waals surface area contributed by atoms with E-state index in [1.165, 1.54) is 6.33 Å². The molecule has 0 saturated heterocycles. The second kappa shape index (κ2) is 9.27. The Hall–Kier alpha value is -4.59. The Morgan fingerprint density at radius 2 is 1.88 bits per heavy atom. The number of pyridine rings is 2. The Balaban J connectivity index is 1.38. The van der Waals surface area contributed by atoms with Gasteiger partial charge in [-0.05, 0) is 36.4 Å². The number of anilines is 1. The van der Waals surface area contributed by atoms with E-state index in [0.29, 0.717) is 41.5 Å². The zero-order valence-electron chi connectivity index (χ0n) is 17.6. The molecule has 0 aliphatic heterocycles. The van der Waals surface area contributed by atoms with E-state index in [1.54, 1.807) is 29.3 Å². The van der Waals surface area contributed by atoms with Crippen molar-refractivity contribution >= 4 is 22.5 Å². The average Bonchev–Trinajstić information content (AvgIpc) is 3.38. The minimum absolute atomic E-state index is 0.231. The highest BCUT2D eigenvalue weighted by Crippen LogP contribution is 2.25. The van der Waals surface area contributed by atoms with E-state index in [4.69, 9.17) is 9.72 Å². The van der Waals surface area contributed by atoms with Gasteiger partial charge in [-0.1, -0.05) is 30.3 Å². The second-order valence-corrected chi connectivity index (χ2v) is 7.28. The Bertz CT molecular complexity index is 1390. The number of carbonyl (C=O) groups is 1. The molecule has 8 nitrogen and oxygen atoms in total. The third-order valence-corrected chi connectivity index (χ3v) is 5.04. The summed E-state index contributed by atoms with van der Waals surface area (Å²) in [5.41, 5.74) is 3.25. The molecule has 2 aromatic carbocycles. The van der Waals surface area contributed by atoms with E-state index in [1.807, 2.05) is 60.7 Å². The molecule has 3 aromatic heterocycles. The summed E-state index contributed by atoms with van der Waals surface area (Å²) < 4.78 is 7.49. The van der Waals surface area contributed by atoms with Crippen molar-refractivity contribution in [1.82, 2.24) is 24.7 Å². The smallest absolute Gasteiger partial charge is 0.256 e. The van der Waals surface area contributed by atoms with Crippen molar-refractivity contribution in [2.45, 2.75) is 6.54 Å². The number of benzene rings is 2. The summed E-state index contributed by atoms with van der Waals surface area (Å²) >= 11 is 0.